The summed E-state index contributed by atoms with van der Waals surface area (Å²) in [6.07, 6.45) is 3.37. The topological polar surface area (TPSA) is 93.1 Å². The summed E-state index contributed by atoms with van der Waals surface area (Å²) in [6, 6.07) is 12.8. The Bertz CT molecular complexity index is 1050. The number of nitrogens with one attached hydrogen (secondary N) is 2. The Labute approximate surface area is 155 Å². The van der Waals surface area contributed by atoms with Gasteiger partial charge >= 0.3 is 0 Å². The molecule has 0 aliphatic heterocycles. The highest BCUT2D eigenvalue weighted by molar-refractivity contribution is 7.89. The lowest BCUT2D eigenvalue weighted by molar-refractivity contribution is 0.102. The van der Waals surface area contributed by atoms with Gasteiger partial charge in [-0.3, -0.25) is 4.79 Å². The second kappa shape index (κ2) is 7.28. The number of carbonyl (C=O) groups is 1. The third-order valence-corrected chi connectivity index (χ3v) is 5.41. The first kappa shape index (κ1) is 18.1. The van der Waals surface area contributed by atoms with E-state index in [0.29, 0.717) is 11.4 Å². The van der Waals surface area contributed by atoms with E-state index < -0.39 is 15.9 Å². The first-order chi connectivity index (χ1) is 12.4. The maximum Gasteiger partial charge on any atom is 0.257 e. The van der Waals surface area contributed by atoms with E-state index in [-0.39, 0.29) is 15.5 Å². The lowest BCUT2D eigenvalue weighted by Crippen LogP contribution is -2.20. The molecule has 0 aliphatic carbocycles. The molecule has 0 aliphatic rings. The van der Waals surface area contributed by atoms with E-state index in [1.807, 2.05) is 6.07 Å². The summed E-state index contributed by atoms with van der Waals surface area (Å²) in [6.45, 7) is 0. The highest BCUT2D eigenvalue weighted by Crippen LogP contribution is 2.24. The van der Waals surface area contributed by atoms with Gasteiger partial charge in [0.05, 0.1) is 26.9 Å². The molecule has 0 bridgehead atoms. The number of nitrogens with zero attached hydrogens (tertiary/aromatic N) is 2. The van der Waals surface area contributed by atoms with Crippen LogP contribution in [0.3, 0.4) is 0 Å². The van der Waals surface area contributed by atoms with E-state index in [4.69, 9.17) is 11.6 Å². The SMILES string of the molecule is CNS(=O)(=O)c1ccc(Cl)c(C(=O)Nc2ccccc2-n2cccn2)c1. The number of benzene rings is 2. The number of para-hydroxylation sites is 2. The molecule has 0 atom stereocenters. The maximum absolute atomic E-state index is 12.7. The zero-order valence-electron chi connectivity index (χ0n) is 13.7. The average Bonchev–Trinajstić information content (AvgIpc) is 3.16. The van der Waals surface area contributed by atoms with Crippen LogP contribution in [-0.4, -0.2) is 31.2 Å². The van der Waals surface area contributed by atoms with Crippen molar-refractivity contribution in [3.63, 3.8) is 0 Å². The number of carbonyl (C=O) groups excluding carboxylic acids is 1. The molecule has 3 rings (SSSR count). The molecule has 0 spiro atoms. The predicted molar refractivity (Wildman–Crippen MR) is 99.2 cm³/mol. The third kappa shape index (κ3) is 3.62. The van der Waals surface area contributed by atoms with Gasteiger partial charge in [-0.25, -0.2) is 17.8 Å². The summed E-state index contributed by atoms with van der Waals surface area (Å²) in [7, 11) is -2.39. The molecule has 0 saturated heterocycles. The molecule has 1 amide bonds. The highest BCUT2D eigenvalue weighted by atomic mass is 35.5. The monoisotopic (exact) mass is 390 g/mol. The molecule has 0 unspecified atom stereocenters. The van der Waals surface area contributed by atoms with Crippen LogP contribution in [0.15, 0.2) is 65.8 Å². The molecule has 134 valence electrons. The maximum atomic E-state index is 12.7. The Balaban J connectivity index is 1.96. The molecule has 1 heterocycles. The van der Waals surface area contributed by atoms with Crippen molar-refractivity contribution in [3.8, 4) is 5.69 Å². The molecule has 3 aromatic rings. The molecule has 0 saturated carbocycles. The van der Waals surface area contributed by atoms with Crippen molar-refractivity contribution in [1.29, 1.82) is 0 Å². The summed E-state index contributed by atoms with van der Waals surface area (Å²) in [5.74, 6) is -0.525. The van der Waals surface area contributed by atoms with Crippen LogP contribution in [0.5, 0.6) is 0 Å². The summed E-state index contributed by atoms with van der Waals surface area (Å²) in [5.41, 5.74) is 1.23. The van der Waals surface area contributed by atoms with Crippen molar-refractivity contribution in [2.75, 3.05) is 12.4 Å². The van der Waals surface area contributed by atoms with E-state index in [1.165, 1.54) is 25.2 Å². The van der Waals surface area contributed by atoms with Gasteiger partial charge in [-0.15, -0.1) is 0 Å². The molecule has 0 fully saturated rings. The molecular weight excluding hydrogens is 376 g/mol. The normalized spacial score (nSPS) is 11.3. The number of rotatable bonds is 5. The van der Waals surface area contributed by atoms with Gasteiger partial charge in [0.15, 0.2) is 0 Å². The summed E-state index contributed by atoms with van der Waals surface area (Å²) in [4.78, 5) is 12.6. The highest BCUT2D eigenvalue weighted by Gasteiger charge is 2.18. The molecule has 26 heavy (non-hydrogen) atoms. The van der Waals surface area contributed by atoms with E-state index in [0.717, 1.165) is 0 Å². The fourth-order valence-electron chi connectivity index (χ4n) is 2.34. The summed E-state index contributed by atoms with van der Waals surface area (Å²) >= 11 is 6.10. The minimum Gasteiger partial charge on any atom is -0.320 e. The summed E-state index contributed by atoms with van der Waals surface area (Å²) < 4.78 is 27.7. The molecule has 0 radical (unpaired) electrons. The Kier molecular flexibility index (Phi) is 5.08. The van der Waals surface area contributed by atoms with Gasteiger partial charge in [0.25, 0.3) is 5.91 Å². The Morgan fingerprint density at radius 1 is 1.15 bits per heavy atom. The largest absolute Gasteiger partial charge is 0.320 e. The smallest absolute Gasteiger partial charge is 0.257 e. The number of anilines is 1. The summed E-state index contributed by atoms with van der Waals surface area (Å²) in [5, 5.41) is 7.05. The quantitative estimate of drug-likeness (QED) is 0.700. The van der Waals surface area contributed by atoms with E-state index in [2.05, 4.69) is 15.1 Å². The minimum atomic E-state index is -3.69. The second-order valence-electron chi connectivity index (χ2n) is 5.27. The van der Waals surface area contributed by atoms with Crippen LogP contribution >= 0.6 is 11.6 Å². The number of sulfonamides is 1. The third-order valence-electron chi connectivity index (χ3n) is 3.66. The molecule has 1 aromatic heterocycles. The average molecular weight is 391 g/mol. The van der Waals surface area contributed by atoms with Crippen molar-refractivity contribution < 1.29 is 13.2 Å². The minimum absolute atomic E-state index is 0.0464. The van der Waals surface area contributed by atoms with Gasteiger partial charge in [-0.1, -0.05) is 23.7 Å². The Hall–Kier alpha value is -2.68. The van der Waals surface area contributed by atoms with Crippen LogP contribution in [0.25, 0.3) is 5.69 Å². The van der Waals surface area contributed by atoms with Crippen molar-refractivity contribution in [3.05, 3.63) is 71.5 Å². The molecule has 7 nitrogen and oxygen atoms in total. The number of hydrogen-bond acceptors (Lipinski definition) is 4. The van der Waals surface area contributed by atoms with Gasteiger partial charge in [0, 0.05) is 12.4 Å². The Morgan fingerprint density at radius 3 is 2.62 bits per heavy atom. The van der Waals surface area contributed by atoms with Gasteiger partial charge in [-0.2, -0.15) is 5.10 Å². The molecule has 9 heteroatoms. The van der Waals surface area contributed by atoms with Crippen LogP contribution in [-0.2, 0) is 10.0 Å². The number of aromatic nitrogens is 2. The van der Waals surface area contributed by atoms with Crippen LogP contribution in [0.2, 0.25) is 5.02 Å². The van der Waals surface area contributed by atoms with Gasteiger partial charge in [0.1, 0.15) is 0 Å². The molecular formula is C17H15ClN4O3S. The van der Waals surface area contributed by atoms with Crippen molar-refractivity contribution in [1.82, 2.24) is 14.5 Å². The second-order valence-corrected chi connectivity index (χ2v) is 7.56. The van der Waals surface area contributed by atoms with E-state index in [9.17, 15) is 13.2 Å². The van der Waals surface area contributed by atoms with Crippen molar-refractivity contribution >= 4 is 33.2 Å². The Morgan fingerprint density at radius 2 is 1.92 bits per heavy atom. The van der Waals surface area contributed by atoms with Crippen LogP contribution < -0.4 is 10.0 Å². The standard InChI is InChI=1S/C17H15ClN4O3S/c1-19-26(24,25)12-7-8-14(18)13(11-12)17(23)21-15-5-2-3-6-16(15)22-10-4-9-20-22/h2-11,19H,1H3,(H,21,23). The van der Waals surface area contributed by atoms with Crippen molar-refractivity contribution in [2.45, 2.75) is 4.90 Å². The number of halogens is 1. The fourth-order valence-corrected chi connectivity index (χ4v) is 3.30. The van der Waals surface area contributed by atoms with Crippen molar-refractivity contribution in [2.24, 2.45) is 0 Å². The lowest BCUT2D eigenvalue weighted by atomic mass is 10.2. The van der Waals surface area contributed by atoms with Crippen LogP contribution in [0.4, 0.5) is 5.69 Å². The van der Waals surface area contributed by atoms with E-state index >= 15 is 0 Å². The van der Waals surface area contributed by atoms with Gasteiger partial charge in [0.2, 0.25) is 10.0 Å². The fraction of sp³-hybridized carbons (Fsp3) is 0.0588. The molecule has 2 aromatic carbocycles. The van der Waals surface area contributed by atoms with Gasteiger partial charge in [-0.05, 0) is 43.4 Å². The van der Waals surface area contributed by atoms with E-state index in [1.54, 1.807) is 41.3 Å². The first-order valence-corrected chi connectivity index (χ1v) is 9.42. The lowest BCUT2D eigenvalue weighted by Gasteiger charge is -2.12. The van der Waals surface area contributed by atoms with Crippen LogP contribution in [0, 0.1) is 0 Å². The first-order valence-electron chi connectivity index (χ1n) is 7.56. The molecule has 2 N–H and O–H groups in total. The number of hydrogen-bond donors (Lipinski definition) is 2. The predicted octanol–water partition coefficient (Wildman–Crippen LogP) is 2.69. The zero-order chi connectivity index (χ0) is 18.7. The zero-order valence-corrected chi connectivity index (χ0v) is 15.3. The number of amides is 1. The van der Waals surface area contributed by atoms with Gasteiger partial charge < -0.3 is 5.32 Å². The van der Waals surface area contributed by atoms with Crippen LogP contribution in [0.1, 0.15) is 10.4 Å².